The SMILES string of the molecule is CCC[C@H](NC(=O)[C@H](CCC(N)=O)NC(=O)[C@@H]1CCCN1C(=O)[C@@H]1CCCN1C(=O)C1=CN(C)C=CC1)C(=O)N1CCC[C@H]1C(=O)NCC(=O)O[C@H]1CC[C@@]2(C)C(=CC[C@H]3[C@@H]4CC[C@H]([C@H](C)CCCC(C)C)[C@@]4(C)CC[C@@H]32)C1. The highest BCUT2D eigenvalue weighted by Gasteiger charge is 2.59. The Kier molecular flexibility index (Phi) is 19.3. The summed E-state index contributed by atoms with van der Waals surface area (Å²) in [6, 6.07) is -4.82. The largest absolute Gasteiger partial charge is 0.461 e. The number of allylic oxidation sites excluding steroid dienone is 2. The predicted octanol–water partition coefficient (Wildman–Crippen LogP) is 6.80. The molecule has 17 heteroatoms. The van der Waals surface area contributed by atoms with E-state index in [4.69, 9.17) is 10.5 Å². The number of nitrogens with two attached hydrogens (primary N) is 1. The maximum Gasteiger partial charge on any atom is 0.325 e. The van der Waals surface area contributed by atoms with Crippen LogP contribution in [-0.2, 0) is 43.1 Å². The Labute approximate surface area is 464 Å². The van der Waals surface area contributed by atoms with Crippen molar-refractivity contribution in [3.05, 3.63) is 35.7 Å². The van der Waals surface area contributed by atoms with Crippen molar-refractivity contribution < 1.29 is 43.1 Å². The van der Waals surface area contributed by atoms with Gasteiger partial charge >= 0.3 is 5.97 Å². The molecule has 0 aromatic carbocycles. The van der Waals surface area contributed by atoms with Crippen LogP contribution in [0.25, 0.3) is 0 Å². The molecule has 432 valence electrons. The molecule has 7 amide bonds. The van der Waals surface area contributed by atoms with E-state index in [1.165, 1.54) is 60.3 Å². The molecule has 4 heterocycles. The van der Waals surface area contributed by atoms with Gasteiger partial charge in [-0.3, -0.25) is 38.4 Å². The fourth-order valence-corrected chi connectivity index (χ4v) is 16.2. The Morgan fingerprint density at radius 1 is 0.769 bits per heavy atom. The van der Waals surface area contributed by atoms with E-state index in [0.29, 0.717) is 87.3 Å². The van der Waals surface area contributed by atoms with Gasteiger partial charge in [0.05, 0.1) is 0 Å². The summed E-state index contributed by atoms with van der Waals surface area (Å²) in [6.07, 6.45) is 24.4. The number of esters is 1. The lowest BCUT2D eigenvalue weighted by atomic mass is 9.47. The summed E-state index contributed by atoms with van der Waals surface area (Å²) in [5.74, 6) is 0.555. The van der Waals surface area contributed by atoms with Gasteiger partial charge in [0, 0.05) is 51.3 Å². The van der Waals surface area contributed by atoms with Gasteiger partial charge in [-0.05, 0) is 155 Å². The Bertz CT molecular complexity index is 2350. The second kappa shape index (κ2) is 25.5. The lowest BCUT2D eigenvalue weighted by Crippen LogP contribution is -2.58. The van der Waals surface area contributed by atoms with Crippen molar-refractivity contribution in [3.63, 3.8) is 0 Å². The third-order valence-electron chi connectivity index (χ3n) is 20.3. The van der Waals surface area contributed by atoms with Gasteiger partial charge in [-0.1, -0.05) is 85.0 Å². The molecule has 0 bridgehead atoms. The fraction of sp³-hybridized carbons (Fsp3) is 0.770. The number of carbonyl (C=O) groups excluding carboxylic acids is 8. The molecule has 13 atom stereocenters. The van der Waals surface area contributed by atoms with Crippen LogP contribution in [0.5, 0.6) is 0 Å². The van der Waals surface area contributed by atoms with E-state index in [9.17, 15) is 38.4 Å². The number of primary amides is 1. The Morgan fingerprint density at radius 2 is 1.47 bits per heavy atom. The van der Waals surface area contributed by atoms with Crippen LogP contribution in [0.15, 0.2) is 35.7 Å². The number of hydrogen-bond acceptors (Lipinski definition) is 10. The lowest BCUT2D eigenvalue weighted by molar-refractivity contribution is -0.152. The third kappa shape index (κ3) is 12.8. The molecule has 0 radical (unpaired) electrons. The maximum atomic E-state index is 14.3. The van der Waals surface area contributed by atoms with Gasteiger partial charge in [0.25, 0.3) is 5.91 Å². The fourth-order valence-electron chi connectivity index (χ4n) is 16.2. The van der Waals surface area contributed by atoms with Gasteiger partial charge < -0.3 is 46.0 Å². The molecule has 0 aromatic heterocycles. The van der Waals surface area contributed by atoms with E-state index < -0.39 is 65.7 Å². The first-order valence-corrected chi connectivity index (χ1v) is 30.3. The molecule has 3 saturated carbocycles. The minimum Gasteiger partial charge on any atom is -0.461 e. The molecule has 0 spiro atoms. The minimum absolute atomic E-state index is 0.110. The van der Waals surface area contributed by atoms with Crippen LogP contribution in [-0.4, -0.2) is 136 Å². The zero-order valence-electron chi connectivity index (χ0n) is 48.2. The first kappa shape index (κ1) is 58.9. The smallest absolute Gasteiger partial charge is 0.325 e. The van der Waals surface area contributed by atoms with Crippen LogP contribution in [0.4, 0.5) is 0 Å². The van der Waals surface area contributed by atoms with Crippen LogP contribution in [0.3, 0.4) is 0 Å². The average molecular weight is 1080 g/mol. The van der Waals surface area contributed by atoms with Crippen molar-refractivity contribution in [1.29, 1.82) is 0 Å². The standard InChI is InChI=1S/C61H94N8O9/c1-8-14-48(65-54(72)47(25-26-52(62)70)64-56(74)50-19-12-33-68(50)59(77)51-20-13-34-69(51)57(75)40-17-10-31-66(7)37-40)58(76)67-32-11-18-49(67)55(73)63-36-53(71)78-42-27-29-60(5)41(35-42)21-22-43-45-24-23-44(39(4)16-9-15-38(2)3)61(45,6)30-28-46(43)60/h10,21,31,37-39,42-51H,8-9,11-20,22-30,32-36H2,1-7H3,(H2,62,70)(H,63,73)(H,64,74)(H,65,72)/t39-,42+,43+,44-,45+,46+,47+,48+,49+,50+,51+,60+,61-/m1/s1. The van der Waals surface area contributed by atoms with Crippen molar-refractivity contribution in [3.8, 4) is 0 Å². The summed E-state index contributed by atoms with van der Waals surface area (Å²) < 4.78 is 6.07. The van der Waals surface area contributed by atoms with Gasteiger partial charge in [-0.2, -0.15) is 0 Å². The van der Waals surface area contributed by atoms with Crippen molar-refractivity contribution in [1.82, 2.24) is 35.6 Å². The molecule has 5 N–H and O–H groups in total. The van der Waals surface area contributed by atoms with E-state index >= 15 is 0 Å². The molecule has 8 rings (SSSR count). The Morgan fingerprint density at radius 3 is 2.18 bits per heavy atom. The Hall–Kier alpha value is -5.22. The zero-order valence-corrected chi connectivity index (χ0v) is 48.2. The first-order chi connectivity index (χ1) is 37.2. The highest BCUT2D eigenvalue weighted by molar-refractivity contribution is 6.00. The normalized spacial score (nSPS) is 31.5. The zero-order chi connectivity index (χ0) is 56.1. The number of ether oxygens (including phenoxy) is 1. The van der Waals surface area contributed by atoms with Crippen molar-refractivity contribution in [2.24, 2.45) is 52.1 Å². The van der Waals surface area contributed by atoms with E-state index in [-0.39, 0.29) is 55.7 Å². The molecular formula is C61H94N8O9. The summed E-state index contributed by atoms with van der Waals surface area (Å²) in [6.45, 7) is 14.8. The van der Waals surface area contributed by atoms with Crippen LogP contribution in [0, 0.1) is 46.3 Å². The topological polar surface area (TPSA) is 221 Å². The maximum absolute atomic E-state index is 14.3. The van der Waals surface area contributed by atoms with Crippen LogP contribution >= 0.6 is 0 Å². The summed E-state index contributed by atoms with van der Waals surface area (Å²) in [5.41, 5.74) is 8.06. The van der Waals surface area contributed by atoms with E-state index in [2.05, 4.69) is 56.6 Å². The predicted molar refractivity (Wildman–Crippen MR) is 297 cm³/mol. The highest BCUT2D eigenvalue weighted by atomic mass is 16.5. The number of carbonyl (C=O) groups is 8. The minimum atomic E-state index is -1.27. The Balaban J connectivity index is 0.826. The van der Waals surface area contributed by atoms with E-state index in [1.54, 1.807) is 16.0 Å². The molecule has 0 unspecified atom stereocenters. The molecule has 4 aliphatic heterocycles. The van der Waals surface area contributed by atoms with Gasteiger partial charge in [-0.15, -0.1) is 0 Å². The number of nitrogens with one attached hydrogen (secondary N) is 3. The molecule has 0 aromatic rings. The number of nitrogens with zero attached hydrogens (tertiary/aromatic N) is 4. The van der Waals surface area contributed by atoms with Crippen molar-refractivity contribution in [2.75, 3.05) is 33.2 Å². The third-order valence-corrected chi connectivity index (χ3v) is 20.3. The van der Waals surface area contributed by atoms with Gasteiger partial charge in [-0.25, -0.2) is 0 Å². The highest BCUT2D eigenvalue weighted by Crippen LogP contribution is 2.67. The first-order valence-electron chi connectivity index (χ1n) is 30.3. The van der Waals surface area contributed by atoms with E-state index in [0.717, 1.165) is 49.4 Å². The van der Waals surface area contributed by atoms with Crippen molar-refractivity contribution in [2.45, 2.75) is 219 Å². The molecular weight excluding hydrogens is 989 g/mol. The summed E-state index contributed by atoms with van der Waals surface area (Å²) in [4.78, 5) is 116. The summed E-state index contributed by atoms with van der Waals surface area (Å²) in [7, 11) is 1.83. The van der Waals surface area contributed by atoms with Crippen LogP contribution in [0.1, 0.15) is 183 Å². The van der Waals surface area contributed by atoms with Gasteiger partial charge in [0.1, 0.15) is 42.9 Å². The number of fused-ring (bicyclic) bond motifs is 5. The molecule has 78 heavy (non-hydrogen) atoms. The second-order valence-corrected chi connectivity index (χ2v) is 25.7. The second-order valence-electron chi connectivity index (χ2n) is 25.7. The average Bonchev–Trinajstić information content (AvgIpc) is 4.40. The van der Waals surface area contributed by atoms with Gasteiger partial charge in [0.15, 0.2) is 0 Å². The molecule has 6 fully saturated rings. The number of amides is 7. The lowest BCUT2D eigenvalue weighted by Gasteiger charge is -2.58. The number of hydrogen-bond donors (Lipinski definition) is 4. The molecule has 17 nitrogen and oxygen atoms in total. The molecule has 8 aliphatic rings. The van der Waals surface area contributed by atoms with Crippen molar-refractivity contribution >= 4 is 47.3 Å². The number of rotatable bonds is 21. The summed E-state index contributed by atoms with van der Waals surface area (Å²) in [5, 5.41) is 8.35. The van der Waals surface area contributed by atoms with Crippen LogP contribution in [0.2, 0.25) is 0 Å². The van der Waals surface area contributed by atoms with Gasteiger partial charge in [0.2, 0.25) is 35.4 Å². The quantitative estimate of drug-likeness (QED) is 0.0696. The number of likely N-dealkylation sites (tertiary alicyclic amines) is 3. The monoisotopic (exact) mass is 1080 g/mol. The molecule has 4 aliphatic carbocycles. The van der Waals surface area contributed by atoms with E-state index in [1.807, 2.05) is 26.2 Å². The van der Waals surface area contributed by atoms with Crippen LogP contribution < -0.4 is 21.7 Å². The summed E-state index contributed by atoms with van der Waals surface area (Å²) >= 11 is 0. The molecule has 3 saturated heterocycles.